The van der Waals surface area contributed by atoms with Gasteiger partial charge in [-0.3, -0.25) is 4.79 Å². The van der Waals surface area contributed by atoms with E-state index in [1.165, 1.54) is 23.1 Å². The normalized spacial score (nSPS) is 10.0. The number of thiophene rings is 1. The Morgan fingerprint density at radius 2 is 2.08 bits per heavy atom. The van der Waals surface area contributed by atoms with Crippen LogP contribution in [0.2, 0.25) is 0 Å². The Hall–Kier alpha value is -2.30. The summed E-state index contributed by atoms with van der Waals surface area (Å²) in [6, 6.07) is 11.0. The van der Waals surface area contributed by atoms with Crippen molar-refractivity contribution >= 4 is 40.7 Å². The molecule has 1 aromatic carbocycles. The van der Waals surface area contributed by atoms with Crippen LogP contribution < -0.4 is 5.32 Å². The number of benzene rings is 1. The molecule has 0 atom stereocenters. The van der Waals surface area contributed by atoms with E-state index in [4.69, 9.17) is 10.00 Å². The molecule has 0 aliphatic heterocycles. The van der Waals surface area contributed by atoms with Crippen molar-refractivity contribution in [1.29, 1.82) is 5.26 Å². The zero-order valence-corrected chi connectivity index (χ0v) is 14.9. The molecule has 0 spiro atoms. The molecule has 24 heavy (non-hydrogen) atoms. The first-order valence-electron chi connectivity index (χ1n) is 7.14. The number of nitrogens with one attached hydrogen (secondary N) is 1. The number of carbonyl (C=O) groups excluding carboxylic acids is 2. The summed E-state index contributed by atoms with van der Waals surface area (Å²) in [6.45, 7) is 3.40. The van der Waals surface area contributed by atoms with Crippen LogP contribution in [0.1, 0.15) is 20.1 Å². The number of amides is 1. The lowest BCUT2D eigenvalue weighted by Crippen LogP contribution is -2.21. The Balaban J connectivity index is 1.93. The average Bonchev–Trinajstić information content (AvgIpc) is 2.90. The molecule has 1 heterocycles. The topological polar surface area (TPSA) is 79.2 Å². The first-order valence-corrected chi connectivity index (χ1v) is 8.94. The molecule has 2 rings (SSSR count). The highest BCUT2D eigenvalue weighted by Crippen LogP contribution is 2.26. The maximum absolute atomic E-state index is 12.0. The van der Waals surface area contributed by atoms with E-state index in [9.17, 15) is 9.59 Å². The van der Waals surface area contributed by atoms with Gasteiger partial charge in [0.25, 0.3) is 5.91 Å². The average molecular weight is 360 g/mol. The molecular weight excluding hydrogens is 344 g/mol. The maximum Gasteiger partial charge on any atom is 0.339 e. The number of ether oxygens (including phenoxy) is 1. The monoisotopic (exact) mass is 360 g/mol. The van der Waals surface area contributed by atoms with Gasteiger partial charge in [0.1, 0.15) is 0 Å². The van der Waals surface area contributed by atoms with Crippen molar-refractivity contribution in [2.45, 2.75) is 18.7 Å². The van der Waals surface area contributed by atoms with Gasteiger partial charge in [-0.05, 0) is 32.0 Å². The molecule has 1 amide bonds. The van der Waals surface area contributed by atoms with Gasteiger partial charge in [-0.2, -0.15) is 5.26 Å². The highest BCUT2D eigenvalue weighted by Gasteiger charge is 2.15. The minimum absolute atomic E-state index is 0.290. The molecule has 124 valence electrons. The van der Waals surface area contributed by atoms with Crippen molar-refractivity contribution in [1.82, 2.24) is 0 Å². The number of anilines is 1. The second kappa shape index (κ2) is 8.52. The number of esters is 1. The predicted octanol–water partition coefficient (Wildman–Crippen LogP) is 3.78. The SMILES string of the molecule is Cc1cc(C(=O)OCC(=O)Nc2ccccc2SCC#N)c(C)s1. The number of aryl methyl sites for hydroxylation is 2. The van der Waals surface area contributed by atoms with E-state index < -0.39 is 11.9 Å². The Morgan fingerprint density at radius 3 is 2.75 bits per heavy atom. The number of hydrogen-bond donors (Lipinski definition) is 1. The third-order valence-corrected chi connectivity index (χ3v) is 4.95. The molecule has 0 saturated heterocycles. The molecule has 0 fully saturated rings. The molecule has 1 N–H and O–H groups in total. The highest BCUT2D eigenvalue weighted by molar-refractivity contribution is 7.99. The van der Waals surface area contributed by atoms with Crippen molar-refractivity contribution in [2.75, 3.05) is 17.7 Å². The molecule has 0 saturated carbocycles. The van der Waals surface area contributed by atoms with Gasteiger partial charge >= 0.3 is 5.97 Å². The zero-order valence-electron chi connectivity index (χ0n) is 13.3. The number of thioether (sulfide) groups is 1. The van der Waals surface area contributed by atoms with Crippen molar-refractivity contribution in [3.8, 4) is 6.07 Å². The van der Waals surface area contributed by atoms with Crippen molar-refractivity contribution < 1.29 is 14.3 Å². The molecule has 5 nitrogen and oxygen atoms in total. The molecule has 0 aliphatic rings. The van der Waals surface area contributed by atoms with Gasteiger partial charge in [0.2, 0.25) is 0 Å². The van der Waals surface area contributed by atoms with Crippen molar-refractivity contribution in [3.05, 3.63) is 45.6 Å². The third kappa shape index (κ3) is 4.85. The fraction of sp³-hybridized carbons (Fsp3) is 0.235. The molecular formula is C17H16N2O3S2. The summed E-state index contributed by atoms with van der Waals surface area (Å²) in [5.41, 5.74) is 1.09. The maximum atomic E-state index is 12.0. The Bertz CT molecular complexity index is 793. The number of carbonyl (C=O) groups is 2. The minimum atomic E-state index is -0.501. The largest absolute Gasteiger partial charge is 0.452 e. The van der Waals surface area contributed by atoms with E-state index in [-0.39, 0.29) is 6.61 Å². The molecule has 0 bridgehead atoms. The van der Waals surface area contributed by atoms with Gasteiger partial charge in [-0.15, -0.1) is 23.1 Å². The quantitative estimate of drug-likeness (QED) is 0.626. The summed E-state index contributed by atoms with van der Waals surface area (Å²) in [4.78, 5) is 26.7. The van der Waals surface area contributed by atoms with Crippen LogP contribution in [0.3, 0.4) is 0 Å². The summed E-state index contributed by atoms with van der Waals surface area (Å²) in [5.74, 6) is -0.629. The van der Waals surface area contributed by atoms with Crippen molar-refractivity contribution in [3.63, 3.8) is 0 Å². The second-order valence-corrected chi connectivity index (χ2v) is 7.37. The van der Waals surface area contributed by atoms with Crippen LogP contribution in [0.15, 0.2) is 35.2 Å². The molecule has 0 aliphatic carbocycles. The van der Waals surface area contributed by atoms with E-state index in [0.29, 0.717) is 17.0 Å². The van der Waals surface area contributed by atoms with E-state index in [2.05, 4.69) is 5.32 Å². The smallest absolute Gasteiger partial charge is 0.339 e. The van der Waals surface area contributed by atoms with E-state index in [1.54, 1.807) is 18.2 Å². The van der Waals surface area contributed by atoms with Gasteiger partial charge in [0.15, 0.2) is 6.61 Å². The van der Waals surface area contributed by atoms with Crippen LogP contribution in [0, 0.1) is 25.2 Å². The molecule has 7 heteroatoms. The highest BCUT2D eigenvalue weighted by atomic mass is 32.2. The second-order valence-electron chi connectivity index (χ2n) is 4.89. The summed E-state index contributed by atoms with van der Waals surface area (Å²) in [7, 11) is 0. The minimum Gasteiger partial charge on any atom is -0.452 e. The van der Waals surface area contributed by atoms with E-state index in [0.717, 1.165) is 14.6 Å². The van der Waals surface area contributed by atoms with E-state index in [1.807, 2.05) is 32.0 Å². The lowest BCUT2D eigenvalue weighted by Gasteiger charge is -2.10. The van der Waals surface area contributed by atoms with Gasteiger partial charge in [-0.1, -0.05) is 12.1 Å². The first kappa shape index (κ1) is 18.0. The number of nitrogens with zero attached hydrogens (tertiary/aromatic N) is 1. The first-order chi connectivity index (χ1) is 11.5. The molecule has 2 aromatic rings. The summed E-state index contributed by atoms with van der Waals surface area (Å²) >= 11 is 2.85. The van der Waals surface area contributed by atoms with Gasteiger partial charge < -0.3 is 10.1 Å². The molecule has 0 radical (unpaired) electrons. The summed E-state index contributed by atoms with van der Waals surface area (Å²) in [6.07, 6.45) is 0. The number of hydrogen-bond acceptors (Lipinski definition) is 6. The standard InChI is InChI=1S/C17H16N2O3S2/c1-11-9-13(12(2)24-11)17(21)22-10-16(20)19-14-5-3-4-6-15(14)23-8-7-18/h3-6,9H,8,10H2,1-2H3,(H,19,20). The number of rotatable bonds is 6. The van der Waals surface area contributed by atoms with Gasteiger partial charge in [-0.25, -0.2) is 4.79 Å². The third-order valence-electron chi connectivity index (χ3n) is 3.05. The van der Waals surface area contributed by atoms with Crippen LogP contribution >= 0.6 is 23.1 Å². The fourth-order valence-corrected chi connectivity index (χ4v) is 3.62. The fourth-order valence-electron chi connectivity index (χ4n) is 2.03. The molecule has 1 aromatic heterocycles. The summed E-state index contributed by atoms with van der Waals surface area (Å²) < 4.78 is 5.07. The Labute approximate surface area is 148 Å². The lowest BCUT2D eigenvalue weighted by molar-refractivity contribution is -0.119. The van der Waals surface area contributed by atoms with Crippen LogP contribution in [-0.4, -0.2) is 24.2 Å². The van der Waals surface area contributed by atoms with Crippen LogP contribution in [0.5, 0.6) is 0 Å². The van der Waals surface area contributed by atoms with Crippen LogP contribution in [-0.2, 0) is 9.53 Å². The Morgan fingerprint density at radius 1 is 1.33 bits per heavy atom. The number of para-hydroxylation sites is 1. The number of nitriles is 1. The van der Waals surface area contributed by atoms with Gasteiger partial charge in [0.05, 0.1) is 23.1 Å². The zero-order chi connectivity index (χ0) is 17.5. The van der Waals surface area contributed by atoms with Crippen LogP contribution in [0.25, 0.3) is 0 Å². The predicted molar refractivity (Wildman–Crippen MR) is 95.5 cm³/mol. The lowest BCUT2D eigenvalue weighted by atomic mass is 10.2. The van der Waals surface area contributed by atoms with Crippen molar-refractivity contribution in [2.24, 2.45) is 0 Å². The molecule has 0 unspecified atom stereocenters. The van der Waals surface area contributed by atoms with Gasteiger partial charge in [0, 0.05) is 14.6 Å². The summed E-state index contributed by atoms with van der Waals surface area (Å²) in [5, 5.41) is 11.4. The van der Waals surface area contributed by atoms with Crippen LogP contribution in [0.4, 0.5) is 5.69 Å². The Kier molecular flexibility index (Phi) is 6.41. The van der Waals surface area contributed by atoms with E-state index >= 15 is 0 Å².